The second-order valence-electron chi connectivity index (χ2n) is 4.51. The van der Waals surface area contributed by atoms with Crippen molar-refractivity contribution in [2.75, 3.05) is 0 Å². The molecular weight excluding hydrogens is 366 g/mol. The number of rotatable bonds is 5. The van der Waals surface area contributed by atoms with Crippen molar-refractivity contribution in [1.82, 2.24) is 9.69 Å². The molecule has 1 aromatic heterocycles. The number of nitrogens with one attached hydrogen (secondary N) is 1. The predicted molar refractivity (Wildman–Crippen MR) is 85.3 cm³/mol. The average molecular weight is 377 g/mol. The molecular formula is C14H11Cl2FN2O3S. The lowest BCUT2D eigenvalue weighted by Crippen LogP contribution is -2.35. The highest BCUT2D eigenvalue weighted by atomic mass is 35.5. The van der Waals surface area contributed by atoms with Gasteiger partial charge in [-0.05, 0) is 36.2 Å². The van der Waals surface area contributed by atoms with E-state index < -0.39 is 18.0 Å². The van der Waals surface area contributed by atoms with Crippen LogP contribution in [-0.4, -0.2) is 22.4 Å². The highest BCUT2D eigenvalue weighted by Gasteiger charge is 2.24. The Bertz CT molecular complexity index is 721. The minimum Gasteiger partial charge on any atom is -0.448 e. The fourth-order valence-electron chi connectivity index (χ4n) is 1.59. The molecule has 0 spiro atoms. The van der Waals surface area contributed by atoms with Gasteiger partial charge in [-0.15, -0.1) is 0 Å². The van der Waals surface area contributed by atoms with E-state index in [2.05, 4.69) is 9.69 Å². The molecule has 1 N–H and O–H groups in total. The minimum atomic E-state index is -1.04. The van der Waals surface area contributed by atoms with Crippen molar-refractivity contribution in [1.29, 1.82) is 0 Å². The van der Waals surface area contributed by atoms with Gasteiger partial charge in [-0.1, -0.05) is 35.3 Å². The molecule has 2 aromatic rings. The molecule has 1 atom stereocenters. The maximum atomic E-state index is 12.8. The molecule has 0 saturated carbocycles. The van der Waals surface area contributed by atoms with Crippen LogP contribution in [0, 0.1) is 5.82 Å². The van der Waals surface area contributed by atoms with Crippen LogP contribution in [-0.2, 0) is 16.1 Å². The smallest absolute Gasteiger partial charge is 0.360 e. The van der Waals surface area contributed by atoms with Gasteiger partial charge >= 0.3 is 5.97 Å². The molecule has 0 unspecified atom stereocenters. The van der Waals surface area contributed by atoms with E-state index in [-0.39, 0.29) is 27.4 Å². The van der Waals surface area contributed by atoms with Crippen LogP contribution >= 0.6 is 34.7 Å². The molecule has 0 bridgehead atoms. The lowest BCUT2D eigenvalue weighted by Gasteiger charge is -2.13. The summed E-state index contributed by atoms with van der Waals surface area (Å²) < 4.78 is 21.7. The van der Waals surface area contributed by atoms with Crippen LogP contribution in [0.2, 0.25) is 9.36 Å². The number of halogens is 3. The zero-order chi connectivity index (χ0) is 17.0. The lowest BCUT2D eigenvalue weighted by molar-refractivity contribution is -0.129. The van der Waals surface area contributed by atoms with Crippen molar-refractivity contribution in [3.63, 3.8) is 0 Å². The molecule has 0 saturated heterocycles. The van der Waals surface area contributed by atoms with E-state index in [4.69, 9.17) is 27.9 Å². The Morgan fingerprint density at radius 2 is 2.00 bits per heavy atom. The van der Waals surface area contributed by atoms with Crippen LogP contribution in [0.3, 0.4) is 0 Å². The third-order valence-corrected chi connectivity index (χ3v) is 4.43. The fourth-order valence-corrected chi connectivity index (χ4v) is 2.57. The van der Waals surface area contributed by atoms with E-state index in [1.54, 1.807) is 12.1 Å². The van der Waals surface area contributed by atoms with Crippen molar-refractivity contribution in [3.8, 4) is 0 Å². The Morgan fingerprint density at radius 3 is 2.57 bits per heavy atom. The van der Waals surface area contributed by atoms with Crippen molar-refractivity contribution in [3.05, 3.63) is 50.7 Å². The van der Waals surface area contributed by atoms with Crippen molar-refractivity contribution in [2.45, 2.75) is 19.6 Å². The summed E-state index contributed by atoms with van der Waals surface area (Å²) in [5.74, 6) is -1.69. The van der Waals surface area contributed by atoms with Gasteiger partial charge in [-0.25, -0.2) is 9.18 Å². The van der Waals surface area contributed by atoms with Gasteiger partial charge in [0, 0.05) is 6.54 Å². The van der Waals surface area contributed by atoms with E-state index in [0.29, 0.717) is 5.56 Å². The number of nitrogens with zero attached hydrogens (tertiary/aromatic N) is 1. The number of aromatic nitrogens is 1. The molecule has 122 valence electrons. The minimum absolute atomic E-state index is 0.000544. The van der Waals surface area contributed by atoms with Crippen molar-refractivity contribution < 1.29 is 18.7 Å². The van der Waals surface area contributed by atoms with Gasteiger partial charge in [-0.3, -0.25) is 4.79 Å². The first-order valence-corrected chi connectivity index (χ1v) is 7.95. The molecule has 23 heavy (non-hydrogen) atoms. The second kappa shape index (κ2) is 7.72. The number of hydrogen-bond donors (Lipinski definition) is 1. The Labute approximate surface area is 145 Å². The van der Waals surface area contributed by atoms with Crippen molar-refractivity contribution in [2.24, 2.45) is 0 Å². The molecule has 0 fully saturated rings. The van der Waals surface area contributed by atoms with Crippen LogP contribution in [0.4, 0.5) is 4.39 Å². The van der Waals surface area contributed by atoms with E-state index in [9.17, 15) is 14.0 Å². The topological polar surface area (TPSA) is 68.3 Å². The first-order valence-electron chi connectivity index (χ1n) is 6.42. The van der Waals surface area contributed by atoms with Crippen molar-refractivity contribution >= 4 is 46.6 Å². The second-order valence-corrected chi connectivity index (χ2v) is 6.26. The molecule has 1 heterocycles. The quantitative estimate of drug-likeness (QED) is 0.811. The summed E-state index contributed by atoms with van der Waals surface area (Å²) in [4.78, 5) is 23.8. The largest absolute Gasteiger partial charge is 0.448 e. The zero-order valence-electron chi connectivity index (χ0n) is 11.8. The summed E-state index contributed by atoms with van der Waals surface area (Å²) in [6.07, 6.45) is -1.04. The summed E-state index contributed by atoms with van der Waals surface area (Å²) in [6.45, 7) is 1.60. The molecule has 9 heteroatoms. The summed E-state index contributed by atoms with van der Waals surface area (Å²) >= 11 is 12.4. The summed E-state index contributed by atoms with van der Waals surface area (Å²) in [6, 6.07) is 5.67. The molecule has 0 radical (unpaired) electrons. The van der Waals surface area contributed by atoms with Crippen LogP contribution in [0.15, 0.2) is 24.3 Å². The number of hydrogen-bond acceptors (Lipinski definition) is 5. The number of amides is 1. The molecule has 0 aliphatic heterocycles. The lowest BCUT2D eigenvalue weighted by atomic mass is 10.2. The van der Waals surface area contributed by atoms with Gasteiger partial charge in [-0.2, -0.15) is 4.37 Å². The highest BCUT2D eigenvalue weighted by Crippen LogP contribution is 2.29. The van der Waals surface area contributed by atoms with E-state index in [1.165, 1.54) is 19.1 Å². The number of carbonyl (C=O) groups excluding carboxylic acids is 2. The number of ether oxygens (including phenoxy) is 1. The third-order valence-electron chi connectivity index (χ3n) is 2.82. The molecule has 0 aliphatic carbocycles. The van der Waals surface area contributed by atoms with Crippen LogP contribution in [0.1, 0.15) is 23.0 Å². The zero-order valence-corrected chi connectivity index (χ0v) is 14.1. The van der Waals surface area contributed by atoms with Crippen LogP contribution in [0.5, 0.6) is 0 Å². The Kier molecular flexibility index (Phi) is 5.92. The maximum Gasteiger partial charge on any atom is 0.360 e. The number of carbonyl (C=O) groups is 2. The molecule has 5 nitrogen and oxygen atoms in total. The van der Waals surface area contributed by atoms with Gasteiger partial charge in [0.25, 0.3) is 5.91 Å². The normalized spacial score (nSPS) is 11.8. The monoisotopic (exact) mass is 376 g/mol. The first-order chi connectivity index (χ1) is 10.9. The summed E-state index contributed by atoms with van der Waals surface area (Å²) in [5.41, 5.74) is 0.590. The van der Waals surface area contributed by atoms with Gasteiger partial charge in [0.15, 0.2) is 11.8 Å². The van der Waals surface area contributed by atoms with Gasteiger partial charge in [0.1, 0.15) is 15.2 Å². The van der Waals surface area contributed by atoms with Gasteiger partial charge in [0.2, 0.25) is 0 Å². The molecule has 1 aromatic carbocycles. The summed E-state index contributed by atoms with van der Waals surface area (Å²) in [7, 11) is 0. The molecule has 2 rings (SSSR count). The van der Waals surface area contributed by atoms with Gasteiger partial charge < -0.3 is 10.1 Å². The predicted octanol–water partition coefficient (Wildman–Crippen LogP) is 3.45. The SMILES string of the molecule is C[C@@H](OC(=O)c1nsc(Cl)c1Cl)C(=O)NCc1ccc(F)cc1. The maximum absolute atomic E-state index is 12.8. The Balaban J connectivity index is 1.88. The van der Waals surface area contributed by atoms with Gasteiger partial charge in [0.05, 0.1) is 0 Å². The highest BCUT2D eigenvalue weighted by molar-refractivity contribution is 7.11. The Morgan fingerprint density at radius 1 is 1.35 bits per heavy atom. The number of esters is 1. The molecule has 1 amide bonds. The average Bonchev–Trinajstić information content (AvgIpc) is 2.86. The van der Waals surface area contributed by atoms with E-state index >= 15 is 0 Å². The first kappa shape index (κ1) is 17.7. The summed E-state index contributed by atoms with van der Waals surface area (Å²) in [5, 5.41) is 2.58. The van der Waals surface area contributed by atoms with Crippen LogP contribution in [0.25, 0.3) is 0 Å². The Hall–Kier alpha value is -1.70. The van der Waals surface area contributed by atoms with E-state index in [1.807, 2.05) is 0 Å². The van der Waals surface area contributed by atoms with Crippen LogP contribution < -0.4 is 5.32 Å². The standard InChI is InChI=1S/C14H11Cl2FN2O3S/c1-7(22-14(21)11-10(15)12(16)23-19-11)13(20)18-6-8-2-4-9(17)5-3-8/h2-5,7H,6H2,1H3,(H,18,20)/t7-/m1/s1. The number of benzene rings is 1. The fraction of sp³-hybridized carbons (Fsp3) is 0.214. The molecule has 0 aliphatic rings. The van der Waals surface area contributed by atoms with E-state index in [0.717, 1.165) is 11.5 Å². The third kappa shape index (κ3) is 4.63.